The van der Waals surface area contributed by atoms with Crippen LogP contribution in [0.3, 0.4) is 0 Å². The number of hydrogen-bond donors (Lipinski definition) is 1. The van der Waals surface area contributed by atoms with Crippen LogP contribution in [0.25, 0.3) is 11.4 Å². The fourth-order valence-corrected chi connectivity index (χ4v) is 5.47. The maximum atomic E-state index is 4.89. The molecule has 3 aliphatic carbocycles. The first-order valence-corrected chi connectivity index (χ1v) is 17.6. The third-order valence-corrected chi connectivity index (χ3v) is 7.00. The van der Waals surface area contributed by atoms with Crippen molar-refractivity contribution in [2.45, 2.75) is 85.7 Å². The third-order valence-electron chi connectivity index (χ3n) is 7.00. The fourth-order valence-electron chi connectivity index (χ4n) is 5.47. The summed E-state index contributed by atoms with van der Waals surface area (Å²) in [5.41, 5.74) is 7.63. The van der Waals surface area contributed by atoms with Crippen LogP contribution in [0.2, 0.25) is 0 Å². The van der Waals surface area contributed by atoms with Gasteiger partial charge in [-0.15, -0.1) is 12.6 Å². The van der Waals surface area contributed by atoms with Crippen molar-refractivity contribution in [1.82, 2.24) is 5.32 Å². The van der Waals surface area contributed by atoms with Gasteiger partial charge in [0.1, 0.15) is 0 Å². The molecule has 3 aliphatic rings. The first kappa shape index (κ1) is 33.7. The number of fused-ring (bicyclic) bond motifs is 2. The van der Waals surface area contributed by atoms with Gasteiger partial charge in [0.2, 0.25) is 0 Å². The second-order valence-corrected chi connectivity index (χ2v) is 13.4. The van der Waals surface area contributed by atoms with Crippen molar-refractivity contribution in [2.24, 2.45) is 17.8 Å². The molecule has 1 fully saturated rings. The number of nitrogens with one attached hydrogen (secondary N) is 1. The summed E-state index contributed by atoms with van der Waals surface area (Å²) in [7, 11) is 9.78. The molecule has 3 atom stereocenters. The quantitative estimate of drug-likeness (QED) is 0.246. The van der Waals surface area contributed by atoms with Crippen molar-refractivity contribution >= 4 is 24.7 Å². The first-order valence-electron chi connectivity index (χ1n) is 13.3. The van der Waals surface area contributed by atoms with Gasteiger partial charge in [0.05, 0.1) is 0 Å². The summed E-state index contributed by atoms with van der Waals surface area (Å²) in [6.45, 7) is 15.4. The van der Waals surface area contributed by atoms with E-state index in [1.165, 1.54) is 36.0 Å². The Labute approximate surface area is 239 Å². The van der Waals surface area contributed by atoms with E-state index >= 15 is 0 Å². The molecule has 36 heavy (non-hydrogen) atoms. The molecule has 1 saturated carbocycles. The van der Waals surface area contributed by atoms with Crippen LogP contribution in [0.5, 0.6) is 0 Å². The molecule has 0 bridgehead atoms. The molecular weight excluding hydrogens is 519 g/mol. The van der Waals surface area contributed by atoms with Crippen molar-refractivity contribution in [1.29, 1.82) is 0 Å². The fraction of sp³-hybridized carbons (Fsp3) is 0.581. The summed E-state index contributed by atoms with van der Waals surface area (Å²) >= 11 is -0.556. The van der Waals surface area contributed by atoms with Gasteiger partial charge in [0.25, 0.3) is 0 Å². The molecule has 5 heteroatoms. The zero-order valence-electron chi connectivity index (χ0n) is 23.6. The molecule has 1 aromatic carbocycles. The van der Waals surface area contributed by atoms with Gasteiger partial charge in [-0.3, -0.25) is 0 Å². The SMILES string of the molecule is CC1=Cc2cccc(CCNC(C)C)c2C1.CC1CC2C=CC=C(CC[N-]C(C)C)C2C1.[CH3-].[Cl][Ti][Cl]. The average molecular weight is 568 g/mol. The molecule has 0 heterocycles. The van der Waals surface area contributed by atoms with Gasteiger partial charge in [0.15, 0.2) is 0 Å². The van der Waals surface area contributed by atoms with Crippen LogP contribution in [0, 0.1) is 25.2 Å². The summed E-state index contributed by atoms with van der Waals surface area (Å²) < 4.78 is 0. The third kappa shape index (κ3) is 11.6. The van der Waals surface area contributed by atoms with Crippen LogP contribution in [-0.4, -0.2) is 25.2 Å². The minimum absolute atomic E-state index is 0. The Hall–Kier alpha value is -0.346. The molecule has 4 rings (SSSR count). The van der Waals surface area contributed by atoms with Crippen molar-refractivity contribution in [3.05, 3.63) is 77.0 Å². The van der Waals surface area contributed by atoms with Gasteiger partial charge in [-0.2, -0.15) is 0 Å². The van der Waals surface area contributed by atoms with E-state index in [0.717, 1.165) is 43.7 Å². The van der Waals surface area contributed by atoms with Gasteiger partial charge >= 0.3 is 35.6 Å². The molecule has 1 aromatic rings. The molecule has 3 unspecified atom stereocenters. The molecule has 0 aliphatic heterocycles. The molecule has 0 spiro atoms. The summed E-state index contributed by atoms with van der Waals surface area (Å²) in [5.74, 6) is 2.57. The van der Waals surface area contributed by atoms with Gasteiger partial charge in [-0.25, -0.2) is 0 Å². The maximum absolute atomic E-state index is 4.89. The van der Waals surface area contributed by atoms with Crippen molar-refractivity contribution < 1.29 is 17.0 Å². The summed E-state index contributed by atoms with van der Waals surface area (Å²) in [5, 5.41) is 8.07. The Morgan fingerprint density at radius 3 is 2.50 bits per heavy atom. The van der Waals surface area contributed by atoms with E-state index in [2.05, 4.69) is 94.7 Å². The van der Waals surface area contributed by atoms with Gasteiger partial charge in [-0.05, 0) is 73.6 Å². The van der Waals surface area contributed by atoms with Crippen LogP contribution in [0.15, 0.2) is 47.6 Å². The van der Waals surface area contributed by atoms with E-state index in [1.54, 1.807) is 11.1 Å². The zero-order valence-corrected chi connectivity index (χ0v) is 26.7. The zero-order chi connectivity index (χ0) is 25.8. The Kier molecular flexibility index (Phi) is 16.9. The second kappa shape index (κ2) is 18.0. The van der Waals surface area contributed by atoms with Crippen LogP contribution in [-0.2, 0) is 29.9 Å². The standard InChI is InChI=1S/C15H24N.C15H21N.CH3.2ClH.Ti/c2*1-11(2)16-8-7-13-5-4-6-14-9-12(3)10-15(13)14;;;;/h4-6,11-12,14-15H,7-10H2,1-3H3;4-6,9,11,16H,7-8,10H2,1-3H3;1H3;2*1H;/q-1;;-1;;;+2/p-2. The Morgan fingerprint density at radius 1 is 1.11 bits per heavy atom. The Balaban J connectivity index is 0.000000317. The molecule has 0 aromatic heterocycles. The summed E-state index contributed by atoms with van der Waals surface area (Å²) in [6, 6.07) is 7.74. The molecule has 2 nitrogen and oxygen atoms in total. The molecule has 202 valence electrons. The summed E-state index contributed by atoms with van der Waals surface area (Å²) in [4.78, 5) is 0. The predicted molar refractivity (Wildman–Crippen MR) is 159 cm³/mol. The van der Waals surface area contributed by atoms with Crippen molar-refractivity contribution in [3.63, 3.8) is 0 Å². The van der Waals surface area contributed by atoms with Crippen LogP contribution in [0.4, 0.5) is 0 Å². The van der Waals surface area contributed by atoms with E-state index < -0.39 is 17.0 Å². The van der Waals surface area contributed by atoms with Crippen molar-refractivity contribution in [2.75, 3.05) is 13.1 Å². The number of hydrogen-bond acceptors (Lipinski definition) is 1. The van der Waals surface area contributed by atoms with Crippen LogP contribution < -0.4 is 5.32 Å². The average Bonchev–Trinajstić information content (AvgIpc) is 3.36. The number of halogens is 2. The van der Waals surface area contributed by atoms with E-state index in [-0.39, 0.29) is 7.43 Å². The molecular formula is C31H48Cl2N2Ti-2. The van der Waals surface area contributed by atoms with E-state index in [4.69, 9.17) is 18.6 Å². The number of nitrogens with zero attached hydrogens (tertiary/aromatic N) is 1. The number of rotatable bonds is 8. The number of benzene rings is 1. The minimum atomic E-state index is -0.556. The van der Waals surface area contributed by atoms with Crippen LogP contribution in [0.1, 0.15) is 77.5 Å². The normalized spacial score (nSPS) is 21.3. The van der Waals surface area contributed by atoms with Gasteiger partial charge in [-0.1, -0.05) is 94.7 Å². The summed E-state index contributed by atoms with van der Waals surface area (Å²) in [6.07, 6.45) is 15.6. The van der Waals surface area contributed by atoms with Gasteiger partial charge in [0, 0.05) is 6.04 Å². The molecule has 1 N–H and O–H groups in total. The van der Waals surface area contributed by atoms with E-state index in [0.29, 0.717) is 12.1 Å². The van der Waals surface area contributed by atoms with Crippen molar-refractivity contribution in [3.8, 4) is 0 Å². The van der Waals surface area contributed by atoms with E-state index in [1.807, 2.05) is 0 Å². The first-order chi connectivity index (χ1) is 16.7. The molecule has 0 saturated heterocycles. The molecule has 0 radical (unpaired) electrons. The van der Waals surface area contributed by atoms with Gasteiger partial charge < -0.3 is 18.1 Å². The van der Waals surface area contributed by atoms with Crippen LogP contribution >= 0.6 is 18.6 Å². The predicted octanol–water partition coefficient (Wildman–Crippen LogP) is 9.33. The molecule has 0 amide bonds. The topological polar surface area (TPSA) is 26.1 Å². The van der Waals surface area contributed by atoms with E-state index in [9.17, 15) is 0 Å². The Bertz CT molecular complexity index is 860. The monoisotopic (exact) mass is 566 g/mol. The number of allylic oxidation sites excluding steroid dienone is 4. The Morgan fingerprint density at radius 2 is 1.83 bits per heavy atom. The second-order valence-electron chi connectivity index (χ2n) is 10.8.